The first-order chi connectivity index (χ1) is 8.49. The van der Waals surface area contributed by atoms with Crippen LogP contribution in [0.25, 0.3) is 0 Å². The Morgan fingerprint density at radius 1 is 1.00 bits per heavy atom. The van der Waals surface area contributed by atoms with Gasteiger partial charge in [0.25, 0.3) is 0 Å². The summed E-state index contributed by atoms with van der Waals surface area (Å²) in [5.41, 5.74) is 0. The van der Waals surface area contributed by atoms with Gasteiger partial charge in [0, 0.05) is 31.7 Å². The lowest BCUT2D eigenvalue weighted by Crippen LogP contribution is -2.38. The monoisotopic (exact) mass is 254 g/mol. The number of nitrogens with one attached hydrogen (secondary N) is 1. The van der Waals surface area contributed by atoms with Crippen LogP contribution in [0.5, 0.6) is 0 Å². The average molecular weight is 254 g/mol. The third-order valence-corrected chi connectivity index (χ3v) is 3.73. The second-order valence-corrected chi connectivity index (χ2v) is 6.95. The molecule has 1 fully saturated rings. The molecule has 1 atom stereocenters. The van der Waals surface area contributed by atoms with Crippen molar-refractivity contribution < 1.29 is 0 Å². The summed E-state index contributed by atoms with van der Waals surface area (Å²) in [4.78, 5) is 2.69. The van der Waals surface area contributed by atoms with Gasteiger partial charge in [0.1, 0.15) is 0 Å². The molecule has 2 nitrogen and oxygen atoms in total. The van der Waals surface area contributed by atoms with Crippen LogP contribution in [0.2, 0.25) is 0 Å². The zero-order valence-electron chi connectivity index (χ0n) is 13.2. The molecule has 0 amide bonds. The molecule has 0 aromatic heterocycles. The lowest BCUT2D eigenvalue weighted by molar-refractivity contribution is 0.231. The minimum atomic E-state index is 0.674. The summed E-state index contributed by atoms with van der Waals surface area (Å²) in [6, 6.07) is 1.58. The van der Waals surface area contributed by atoms with Crippen LogP contribution in [0.4, 0.5) is 0 Å². The van der Waals surface area contributed by atoms with Gasteiger partial charge in [0.05, 0.1) is 0 Å². The molecule has 1 unspecified atom stereocenters. The topological polar surface area (TPSA) is 15.3 Å². The number of nitrogens with zero attached hydrogens (tertiary/aromatic N) is 1. The minimum absolute atomic E-state index is 0.674. The molecule has 1 saturated carbocycles. The van der Waals surface area contributed by atoms with Gasteiger partial charge in [0.2, 0.25) is 0 Å². The van der Waals surface area contributed by atoms with E-state index in [9.17, 15) is 0 Å². The van der Waals surface area contributed by atoms with Crippen molar-refractivity contribution in [1.29, 1.82) is 0 Å². The van der Waals surface area contributed by atoms with Crippen LogP contribution in [-0.2, 0) is 0 Å². The molecule has 108 valence electrons. The molecule has 1 N–H and O–H groups in total. The lowest BCUT2D eigenvalue weighted by atomic mass is 10.0. The van der Waals surface area contributed by atoms with E-state index in [1.165, 1.54) is 38.8 Å². The van der Waals surface area contributed by atoms with Gasteiger partial charge in [-0.3, -0.25) is 4.90 Å². The fourth-order valence-corrected chi connectivity index (χ4v) is 2.47. The van der Waals surface area contributed by atoms with Gasteiger partial charge in [-0.2, -0.15) is 0 Å². The van der Waals surface area contributed by atoms with Crippen molar-refractivity contribution in [3.05, 3.63) is 0 Å². The zero-order valence-corrected chi connectivity index (χ0v) is 13.2. The predicted octanol–water partition coefficient (Wildman–Crippen LogP) is 3.52. The maximum atomic E-state index is 3.68. The van der Waals surface area contributed by atoms with Gasteiger partial charge in [-0.15, -0.1) is 0 Å². The zero-order chi connectivity index (χ0) is 13.5. The third-order valence-electron chi connectivity index (χ3n) is 3.73. The minimum Gasteiger partial charge on any atom is -0.313 e. The molecular formula is C16H34N2. The molecule has 0 radical (unpaired) electrons. The van der Waals surface area contributed by atoms with Crippen LogP contribution in [0.1, 0.15) is 60.3 Å². The van der Waals surface area contributed by atoms with Gasteiger partial charge in [-0.1, -0.05) is 27.7 Å². The first kappa shape index (κ1) is 16.0. The van der Waals surface area contributed by atoms with Crippen LogP contribution in [0.15, 0.2) is 0 Å². The fourth-order valence-electron chi connectivity index (χ4n) is 2.47. The number of hydrogen-bond donors (Lipinski definition) is 1. The van der Waals surface area contributed by atoms with Gasteiger partial charge in [0.15, 0.2) is 0 Å². The van der Waals surface area contributed by atoms with E-state index in [1.807, 2.05) is 0 Å². The molecule has 0 aromatic carbocycles. The highest BCUT2D eigenvalue weighted by Gasteiger charge is 2.28. The molecule has 0 spiro atoms. The maximum absolute atomic E-state index is 3.68. The van der Waals surface area contributed by atoms with E-state index < -0.39 is 0 Å². The molecule has 1 aliphatic rings. The summed E-state index contributed by atoms with van der Waals surface area (Å²) >= 11 is 0. The van der Waals surface area contributed by atoms with Crippen molar-refractivity contribution in [2.45, 2.75) is 72.4 Å². The number of hydrogen-bond acceptors (Lipinski definition) is 2. The molecule has 0 saturated heterocycles. The van der Waals surface area contributed by atoms with E-state index in [4.69, 9.17) is 0 Å². The van der Waals surface area contributed by atoms with Gasteiger partial charge in [-0.05, 0) is 44.4 Å². The van der Waals surface area contributed by atoms with Crippen molar-refractivity contribution in [3.63, 3.8) is 0 Å². The molecule has 2 heteroatoms. The van der Waals surface area contributed by atoms with Gasteiger partial charge < -0.3 is 5.32 Å². The Kier molecular flexibility index (Phi) is 7.25. The van der Waals surface area contributed by atoms with Crippen LogP contribution in [-0.4, -0.2) is 36.6 Å². The fraction of sp³-hybridized carbons (Fsp3) is 1.00. The highest BCUT2D eigenvalue weighted by Crippen LogP contribution is 2.27. The Bertz CT molecular complexity index is 209. The average Bonchev–Trinajstić information content (AvgIpc) is 3.08. The van der Waals surface area contributed by atoms with Gasteiger partial charge >= 0.3 is 0 Å². The Morgan fingerprint density at radius 3 is 2.17 bits per heavy atom. The molecule has 0 bridgehead atoms. The molecule has 18 heavy (non-hydrogen) atoms. The Balaban J connectivity index is 2.10. The summed E-state index contributed by atoms with van der Waals surface area (Å²) < 4.78 is 0. The Hall–Kier alpha value is -0.0800. The maximum Gasteiger partial charge on any atom is 0.0110 e. The highest BCUT2D eigenvalue weighted by atomic mass is 15.2. The Morgan fingerprint density at radius 2 is 1.67 bits per heavy atom. The van der Waals surface area contributed by atoms with Crippen molar-refractivity contribution >= 4 is 0 Å². The SMILES string of the molecule is CC(C)CCC(C)NCCN(CC(C)C)C1CC1. The van der Waals surface area contributed by atoms with Crippen molar-refractivity contribution in [1.82, 2.24) is 10.2 Å². The quantitative estimate of drug-likeness (QED) is 0.642. The van der Waals surface area contributed by atoms with E-state index >= 15 is 0 Å². The van der Waals surface area contributed by atoms with E-state index in [-0.39, 0.29) is 0 Å². The molecule has 0 heterocycles. The predicted molar refractivity (Wildman–Crippen MR) is 81.0 cm³/mol. The van der Waals surface area contributed by atoms with E-state index in [0.717, 1.165) is 24.4 Å². The molecule has 1 rings (SSSR count). The second kappa shape index (κ2) is 8.16. The first-order valence-electron chi connectivity index (χ1n) is 7.96. The highest BCUT2D eigenvalue weighted by molar-refractivity contribution is 4.85. The molecule has 0 aromatic rings. The van der Waals surface area contributed by atoms with Gasteiger partial charge in [-0.25, -0.2) is 0 Å². The van der Waals surface area contributed by atoms with Crippen molar-refractivity contribution in [3.8, 4) is 0 Å². The van der Waals surface area contributed by atoms with Crippen molar-refractivity contribution in [2.75, 3.05) is 19.6 Å². The Labute approximate surface area is 115 Å². The van der Waals surface area contributed by atoms with E-state index in [1.54, 1.807) is 0 Å². The first-order valence-corrected chi connectivity index (χ1v) is 7.96. The van der Waals surface area contributed by atoms with E-state index in [0.29, 0.717) is 6.04 Å². The third kappa shape index (κ3) is 7.38. The molecule has 1 aliphatic carbocycles. The lowest BCUT2D eigenvalue weighted by Gasteiger charge is -2.25. The second-order valence-electron chi connectivity index (χ2n) is 6.95. The normalized spacial score (nSPS) is 18.0. The summed E-state index contributed by atoms with van der Waals surface area (Å²) in [6.07, 6.45) is 5.50. The number of rotatable bonds is 10. The summed E-state index contributed by atoms with van der Waals surface area (Å²) in [7, 11) is 0. The summed E-state index contributed by atoms with van der Waals surface area (Å²) in [5, 5.41) is 3.68. The summed E-state index contributed by atoms with van der Waals surface area (Å²) in [5.74, 6) is 1.63. The molecular weight excluding hydrogens is 220 g/mol. The van der Waals surface area contributed by atoms with Crippen LogP contribution < -0.4 is 5.32 Å². The van der Waals surface area contributed by atoms with Crippen molar-refractivity contribution in [2.24, 2.45) is 11.8 Å². The van der Waals surface area contributed by atoms with Crippen LogP contribution >= 0.6 is 0 Å². The smallest absolute Gasteiger partial charge is 0.0110 e. The summed E-state index contributed by atoms with van der Waals surface area (Å²) in [6.45, 7) is 15.3. The largest absolute Gasteiger partial charge is 0.313 e. The van der Waals surface area contributed by atoms with Crippen LogP contribution in [0.3, 0.4) is 0 Å². The van der Waals surface area contributed by atoms with E-state index in [2.05, 4.69) is 44.8 Å². The molecule has 0 aliphatic heterocycles. The van der Waals surface area contributed by atoms with Crippen LogP contribution in [0, 0.1) is 11.8 Å². The standard InChI is InChI=1S/C16H34N2/c1-13(2)6-7-15(5)17-10-11-18(12-14(3)4)16-8-9-16/h13-17H,6-12H2,1-5H3.